The van der Waals surface area contributed by atoms with Crippen molar-refractivity contribution in [1.29, 1.82) is 0 Å². The molecule has 0 bridgehead atoms. The molecular formula is C14H20S3Si2. The SMILES string of the molecule is C[Si](C)(C)c1cc2sc3cc([Si](C)(C)C)sc3c2s1. The van der Waals surface area contributed by atoms with Crippen LogP contribution in [-0.4, -0.2) is 16.1 Å². The number of hydrogen-bond acceptors (Lipinski definition) is 3. The predicted molar refractivity (Wildman–Crippen MR) is 101 cm³/mol. The fourth-order valence-electron chi connectivity index (χ4n) is 2.07. The smallest absolute Gasteiger partial charge is 0.0904 e. The standard InChI is InChI=1S/C14H20S3Si2/c1-18(2,3)11-7-9-13(16-11)14-10(15-9)8-12(17-14)19(4,5)6/h7-8H,1-6H3. The molecular weight excluding hydrogens is 321 g/mol. The molecule has 3 rings (SSSR count). The number of fused-ring (bicyclic) bond motifs is 3. The first-order valence-electron chi connectivity index (χ1n) is 6.63. The molecule has 0 radical (unpaired) electrons. The van der Waals surface area contributed by atoms with Gasteiger partial charge in [0, 0.05) is 9.40 Å². The van der Waals surface area contributed by atoms with Crippen molar-refractivity contribution in [2.45, 2.75) is 39.3 Å². The summed E-state index contributed by atoms with van der Waals surface area (Å²) in [6.45, 7) is 14.7. The normalized spacial score (nSPS) is 13.8. The zero-order valence-corrected chi connectivity index (χ0v) is 16.8. The molecule has 0 spiro atoms. The third kappa shape index (κ3) is 2.40. The molecule has 3 aromatic rings. The average Bonchev–Trinajstić information content (AvgIpc) is 2.81. The van der Waals surface area contributed by atoms with Gasteiger partial charge in [0.2, 0.25) is 0 Å². The van der Waals surface area contributed by atoms with Gasteiger partial charge in [-0.1, -0.05) is 39.3 Å². The summed E-state index contributed by atoms with van der Waals surface area (Å²) in [4.78, 5) is 0. The van der Waals surface area contributed by atoms with Crippen molar-refractivity contribution < 1.29 is 0 Å². The third-order valence-corrected chi connectivity index (χ3v) is 14.2. The van der Waals surface area contributed by atoms with Crippen LogP contribution in [0.25, 0.3) is 18.8 Å². The van der Waals surface area contributed by atoms with Crippen LogP contribution in [0.5, 0.6) is 0 Å². The van der Waals surface area contributed by atoms with Gasteiger partial charge in [-0.25, -0.2) is 0 Å². The molecule has 0 atom stereocenters. The molecule has 0 nitrogen and oxygen atoms in total. The molecule has 0 aliphatic rings. The molecule has 0 saturated heterocycles. The first-order chi connectivity index (χ1) is 8.66. The summed E-state index contributed by atoms with van der Waals surface area (Å²) < 4.78 is 9.47. The number of thiophene rings is 3. The minimum Gasteiger partial charge on any atom is -0.143 e. The Hall–Kier alpha value is 0.0538. The topological polar surface area (TPSA) is 0 Å². The largest absolute Gasteiger partial charge is 0.143 e. The summed E-state index contributed by atoms with van der Waals surface area (Å²) in [6.07, 6.45) is 0. The molecule has 0 aliphatic carbocycles. The average molecular weight is 341 g/mol. The highest BCUT2D eigenvalue weighted by Gasteiger charge is 2.24. The predicted octanol–water partition coefficient (Wildman–Crippen LogP) is 5.27. The summed E-state index contributed by atoms with van der Waals surface area (Å²) in [6, 6.07) is 4.94. The Labute approximate surface area is 129 Å². The van der Waals surface area contributed by atoms with Crippen LogP contribution in [0.3, 0.4) is 0 Å². The van der Waals surface area contributed by atoms with E-state index in [0.717, 1.165) is 0 Å². The highest BCUT2D eigenvalue weighted by atomic mass is 32.1. The minimum absolute atomic E-state index is 1.16. The lowest BCUT2D eigenvalue weighted by Crippen LogP contribution is -2.34. The van der Waals surface area contributed by atoms with Crippen LogP contribution in [0, 0.1) is 0 Å². The highest BCUT2D eigenvalue weighted by Crippen LogP contribution is 2.40. The molecule has 19 heavy (non-hydrogen) atoms. The molecule has 3 heterocycles. The lowest BCUT2D eigenvalue weighted by atomic mass is 10.5. The maximum Gasteiger partial charge on any atom is 0.0904 e. The zero-order chi connectivity index (χ0) is 14.0. The Bertz CT molecular complexity index is 684. The monoisotopic (exact) mass is 340 g/mol. The van der Waals surface area contributed by atoms with E-state index >= 15 is 0 Å². The van der Waals surface area contributed by atoms with E-state index in [2.05, 4.69) is 74.1 Å². The van der Waals surface area contributed by atoms with Gasteiger partial charge in [0.15, 0.2) is 0 Å². The van der Waals surface area contributed by atoms with Crippen molar-refractivity contribution in [3.8, 4) is 0 Å². The van der Waals surface area contributed by atoms with E-state index < -0.39 is 16.1 Å². The van der Waals surface area contributed by atoms with Crippen LogP contribution in [0.2, 0.25) is 39.3 Å². The van der Waals surface area contributed by atoms with E-state index in [0.29, 0.717) is 0 Å². The maximum absolute atomic E-state index is 2.47. The number of rotatable bonds is 2. The highest BCUT2D eigenvalue weighted by molar-refractivity contribution is 7.44. The Morgan fingerprint density at radius 2 is 1.00 bits per heavy atom. The molecule has 0 aromatic carbocycles. The van der Waals surface area contributed by atoms with Gasteiger partial charge in [-0.05, 0) is 21.1 Å². The Kier molecular flexibility index (Phi) is 3.15. The van der Waals surface area contributed by atoms with Gasteiger partial charge in [-0.15, -0.1) is 34.0 Å². The fraction of sp³-hybridized carbons (Fsp3) is 0.429. The van der Waals surface area contributed by atoms with Crippen LogP contribution in [0.15, 0.2) is 12.1 Å². The lowest BCUT2D eigenvalue weighted by Gasteiger charge is -2.12. The molecule has 0 N–H and O–H groups in total. The second-order valence-electron chi connectivity index (χ2n) is 7.21. The molecule has 0 aliphatic heterocycles. The second kappa shape index (κ2) is 4.27. The van der Waals surface area contributed by atoms with Crippen LogP contribution in [-0.2, 0) is 0 Å². The Morgan fingerprint density at radius 3 is 1.32 bits per heavy atom. The molecule has 5 heteroatoms. The molecule has 0 unspecified atom stereocenters. The van der Waals surface area contributed by atoms with Crippen molar-refractivity contribution in [2.75, 3.05) is 0 Å². The summed E-state index contributed by atoms with van der Waals surface area (Å²) in [7, 11) is -2.32. The van der Waals surface area contributed by atoms with E-state index in [1.165, 1.54) is 9.40 Å². The fourth-order valence-corrected chi connectivity index (χ4v) is 10.0. The summed E-state index contributed by atoms with van der Waals surface area (Å²) in [5.74, 6) is 0. The molecule has 3 aromatic heterocycles. The molecule has 0 amide bonds. The van der Waals surface area contributed by atoms with Crippen molar-refractivity contribution in [3.05, 3.63) is 12.1 Å². The molecule has 102 valence electrons. The van der Waals surface area contributed by atoms with Gasteiger partial charge in [0.1, 0.15) is 0 Å². The van der Waals surface area contributed by atoms with Gasteiger partial charge in [-0.2, -0.15) is 0 Å². The summed E-state index contributed by atoms with van der Waals surface area (Å²) >= 11 is 6.13. The minimum atomic E-state index is -1.16. The van der Waals surface area contributed by atoms with Gasteiger partial charge < -0.3 is 0 Å². The van der Waals surface area contributed by atoms with Gasteiger partial charge >= 0.3 is 0 Å². The summed E-state index contributed by atoms with van der Waals surface area (Å²) in [5, 5.41) is 0. The van der Waals surface area contributed by atoms with Crippen molar-refractivity contribution >= 4 is 78.0 Å². The first-order valence-corrected chi connectivity index (χ1v) is 16.1. The molecule has 0 saturated carbocycles. The Morgan fingerprint density at radius 1 is 0.632 bits per heavy atom. The van der Waals surface area contributed by atoms with Crippen LogP contribution in [0.1, 0.15) is 0 Å². The van der Waals surface area contributed by atoms with E-state index in [1.807, 2.05) is 11.3 Å². The van der Waals surface area contributed by atoms with Crippen LogP contribution in [0.4, 0.5) is 0 Å². The van der Waals surface area contributed by atoms with Crippen molar-refractivity contribution in [3.63, 3.8) is 0 Å². The lowest BCUT2D eigenvalue weighted by molar-refractivity contribution is 1.79. The van der Waals surface area contributed by atoms with Gasteiger partial charge in [-0.3, -0.25) is 0 Å². The van der Waals surface area contributed by atoms with Gasteiger partial charge in [0.25, 0.3) is 0 Å². The van der Waals surface area contributed by atoms with E-state index in [9.17, 15) is 0 Å². The number of hydrogen-bond donors (Lipinski definition) is 0. The van der Waals surface area contributed by atoms with E-state index in [1.54, 1.807) is 18.4 Å². The van der Waals surface area contributed by atoms with Crippen LogP contribution >= 0.6 is 34.0 Å². The van der Waals surface area contributed by atoms with Crippen molar-refractivity contribution in [2.24, 2.45) is 0 Å². The summed E-state index contributed by atoms with van der Waals surface area (Å²) in [5.41, 5.74) is 0. The first kappa shape index (κ1) is 14.0. The van der Waals surface area contributed by atoms with E-state index in [4.69, 9.17) is 0 Å². The second-order valence-corrected chi connectivity index (χ2v) is 21.2. The molecule has 0 fully saturated rings. The maximum atomic E-state index is 2.47. The van der Waals surface area contributed by atoms with Gasteiger partial charge in [0.05, 0.1) is 25.5 Å². The zero-order valence-electron chi connectivity index (χ0n) is 12.4. The van der Waals surface area contributed by atoms with Crippen LogP contribution < -0.4 is 9.00 Å². The quantitative estimate of drug-likeness (QED) is 0.558. The Balaban J connectivity index is 2.22. The van der Waals surface area contributed by atoms with Crippen molar-refractivity contribution in [1.82, 2.24) is 0 Å². The third-order valence-electron chi connectivity index (χ3n) is 3.30. The van der Waals surface area contributed by atoms with E-state index in [-0.39, 0.29) is 0 Å².